The van der Waals surface area contributed by atoms with Crippen molar-refractivity contribution >= 4 is 5.69 Å². The monoisotopic (exact) mass is 236 g/mol. The first-order valence-electron chi connectivity index (χ1n) is 6.16. The van der Waals surface area contributed by atoms with E-state index in [2.05, 4.69) is 31.0 Å². The summed E-state index contributed by atoms with van der Waals surface area (Å²) in [6, 6.07) is 6.53. The second-order valence-electron chi connectivity index (χ2n) is 4.72. The van der Waals surface area contributed by atoms with Crippen molar-refractivity contribution in [3.8, 4) is 5.75 Å². The van der Waals surface area contributed by atoms with Crippen LogP contribution in [0.3, 0.4) is 0 Å². The summed E-state index contributed by atoms with van der Waals surface area (Å²) in [7, 11) is 3.81. The summed E-state index contributed by atoms with van der Waals surface area (Å²) in [6.07, 6.45) is 2.16. The van der Waals surface area contributed by atoms with Gasteiger partial charge in [0.05, 0.1) is 12.8 Å². The number of nitrogens with two attached hydrogens (primary N) is 1. The molecule has 0 radical (unpaired) electrons. The summed E-state index contributed by atoms with van der Waals surface area (Å²) < 4.78 is 5.38. The molecule has 96 valence electrons. The Morgan fingerprint density at radius 2 is 2.12 bits per heavy atom. The van der Waals surface area contributed by atoms with E-state index >= 15 is 0 Å². The molecule has 1 rings (SSSR count). The fraction of sp³-hybridized carbons (Fsp3) is 0.571. The van der Waals surface area contributed by atoms with Gasteiger partial charge in [0.25, 0.3) is 0 Å². The minimum absolute atomic E-state index is 0.280. The van der Waals surface area contributed by atoms with Crippen LogP contribution in [-0.4, -0.2) is 26.7 Å². The summed E-state index contributed by atoms with van der Waals surface area (Å²) in [5, 5.41) is 0. The van der Waals surface area contributed by atoms with Gasteiger partial charge in [-0.25, -0.2) is 0 Å². The lowest BCUT2D eigenvalue weighted by atomic mass is 10.1. The van der Waals surface area contributed by atoms with Crippen LogP contribution in [-0.2, 0) is 0 Å². The molecule has 0 heterocycles. The maximum atomic E-state index is 5.75. The predicted octanol–water partition coefficient (Wildman–Crippen LogP) is 2.57. The van der Waals surface area contributed by atoms with Crippen molar-refractivity contribution in [1.82, 2.24) is 0 Å². The molecule has 1 atom stereocenters. The van der Waals surface area contributed by atoms with Crippen molar-refractivity contribution < 1.29 is 4.74 Å². The van der Waals surface area contributed by atoms with Crippen molar-refractivity contribution in [1.29, 1.82) is 0 Å². The standard InChI is InChI=1S/C14H24N2O/c1-11-7-8-14(17-4)13(10-11)16(3)9-5-6-12(2)15/h7-8,10,12H,5-6,9,15H2,1-4H3. The highest BCUT2D eigenvalue weighted by Crippen LogP contribution is 2.28. The maximum absolute atomic E-state index is 5.75. The Balaban J connectivity index is 2.66. The van der Waals surface area contributed by atoms with Crippen LogP contribution in [0.2, 0.25) is 0 Å². The molecule has 3 nitrogen and oxygen atoms in total. The Morgan fingerprint density at radius 1 is 1.41 bits per heavy atom. The Morgan fingerprint density at radius 3 is 2.71 bits per heavy atom. The Bertz CT molecular complexity index is 350. The van der Waals surface area contributed by atoms with Gasteiger partial charge in [0.1, 0.15) is 5.75 Å². The molecule has 0 saturated heterocycles. The molecule has 0 amide bonds. The third-order valence-electron chi connectivity index (χ3n) is 2.90. The van der Waals surface area contributed by atoms with Crippen molar-refractivity contribution in [2.75, 3.05) is 25.6 Å². The number of nitrogens with zero attached hydrogens (tertiary/aromatic N) is 1. The molecule has 0 fully saturated rings. The minimum Gasteiger partial charge on any atom is -0.495 e. The van der Waals surface area contributed by atoms with Gasteiger partial charge >= 0.3 is 0 Å². The van der Waals surface area contributed by atoms with Crippen LogP contribution in [0.15, 0.2) is 18.2 Å². The highest BCUT2D eigenvalue weighted by Gasteiger charge is 2.08. The minimum atomic E-state index is 0.280. The Labute approximate surface area is 105 Å². The van der Waals surface area contributed by atoms with Gasteiger partial charge < -0.3 is 15.4 Å². The van der Waals surface area contributed by atoms with Crippen LogP contribution in [0.25, 0.3) is 0 Å². The van der Waals surface area contributed by atoms with E-state index in [4.69, 9.17) is 10.5 Å². The second kappa shape index (κ2) is 6.50. The van der Waals surface area contributed by atoms with Crippen molar-refractivity contribution in [3.63, 3.8) is 0 Å². The largest absolute Gasteiger partial charge is 0.495 e. The highest BCUT2D eigenvalue weighted by molar-refractivity contribution is 5.59. The van der Waals surface area contributed by atoms with Gasteiger partial charge in [-0.15, -0.1) is 0 Å². The third-order valence-corrected chi connectivity index (χ3v) is 2.90. The molecule has 2 N–H and O–H groups in total. The number of benzene rings is 1. The van der Waals surface area contributed by atoms with E-state index in [9.17, 15) is 0 Å². The fourth-order valence-corrected chi connectivity index (χ4v) is 1.87. The molecule has 0 aliphatic carbocycles. The first-order valence-corrected chi connectivity index (χ1v) is 6.16. The molecule has 0 saturated carbocycles. The van der Waals surface area contributed by atoms with Gasteiger partial charge in [-0.2, -0.15) is 0 Å². The lowest BCUT2D eigenvalue weighted by Crippen LogP contribution is -2.22. The van der Waals surface area contributed by atoms with Crippen LogP contribution >= 0.6 is 0 Å². The first-order chi connectivity index (χ1) is 8.04. The number of ether oxygens (including phenoxy) is 1. The van der Waals surface area contributed by atoms with Crippen LogP contribution in [0.1, 0.15) is 25.3 Å². The molecule has 0 aliphatic heterocycles. The number of hydrogen-bond acceptors (Lipinski definition) is 3. The zero-order valence-corrected chi connectivity index (χ0v) is 11.4. The average Bonchev–Trinajstić information content (AvgIpc) is 2.28. The smallest absolute Gasteiger partial charge is 0.142 e. The normalized spacial score (nSPS) is 12.3. The summed E-state index contributed by atoms with van der Waals surface area (Å²) in [6.45, 7) is 5.15. The second-order valence-corrected chi connectivity index (χ2v) is 4.72. The van der Waals surface area contributed by atoms with Gasteiger partial charge in [-0.05, 0) is 44.4 Å². The van der Waals surface area contributed by atoms with Gasteiger partial charge in [-0.1, -0.05) is 6.07 Å². The number of rotatable bonds is 6. The van der Waals surface area contributed by atoms with E-state index < -0.39 is 0 Å². The average molecular weight is 236 g/mol. The van der Waals surface area contributed by atoms with Crippen LogP contribution in [0.5, 0.6) is 5.75 Å². The first kappa shape index (κ1) is 13.8. The zero-order chi connectivity index (χ0) is 12.8. The zero-order valence-electron chi connectivity index (χ0n) is 11.4. The molecule has 0 aromatic heterocycles. The summed E-state index contributed by atoms with van der Waals surface area (Å²) >= 11 is 0. The number of anilines is 1. The summed E-state index contributed by atoms with van der Waals surface area (Å²) in [4.78, 5) is 2.23. The quantitative estimate of drug-likeness (QED) is 0.825. The van der Waals surface area contributed by atoms with Gasteiger partial charge in [0, 0.05) is 19.6 Å². The van der Waals surface area contributed by atoms with Gasteiger partial charge in [-0.3, -0.25) is 0 Å². The predicted molar refractivity (Wildman–Crippen MR) is 73.9 cm³/mol. The molecule has 0 spiro atoms. The number of hydrogen-bond donors (Lipinski definition) is 1. The van der Waals surface area contributed by atoms with Crippen molar-refractivity contribution in [2.24, 2.45) is 5.73 Å². The highest BCUT2D eigenvalue weighted by atomic mass is 16.5. The third kappa shape index (κ3) is 4.27. The Hall–Kier alpha value is -1.22. The van der Waals surface area contributed by atoms with Crippen molar-refractivity contribution in [2.45, 2.75) is 32.7 Å². The van der Waals surface area contributed by atoms with Gasteiger partial charge in [0.15, 0.2) is 0 Å². The molecule has 3 heteroatoms. The molecular weight excluding hydrogens is 212 g/mol. The number of methoxy groups -OCH3 is 1. The van der Waals surface area contributed by atoms with E-state index in [0.717, 1.165) is 30.8 Å². The lowest BCUT2D eigenvalue weighted by Gasteiger charge is -2.22. The van der Waals surface area contributed by atoms with Crippen molar-refractivity contribution in [3.05, 3.63) is 23.8 Å². The molecule has 0 aliphatic rings. The molecule has 17 heavy (non-hydrogen) atoms. The molecule has 1 aromatic carbocycles. The van der Waals surface area contributed by atoms with E-state index in [1.165, 1.54) is 5.56 Å². The Kier molecular flexibility index (Phi) is 5.29. The summed E-state index contributed by atoms with van der Waals surface area (Å²) in [5.41, 5.74) is 8.15. The molecule has 1 aromatic rings. The fourth-order valence-electron chi connectivity index (χ4n) is 1.87. The topological polar surface area (TPSA) is 38.5 Å². The van der Waals surface area contributed by atoms with Crippen LogP contribution in [0.4, 0.5) is 5.69 Å². The van der Waals surface area contributed by atoms with E-state index in [1.807, 2.05) is 13.0 Å². The maximum Gasteiger partial charge on any atom is 0.142 e. The summed E-state index contributed by atoms with van der Waals surface area (Å²) in [5.74, 6) is 0.930. The van der Waals surface area contributed by atoms with E-state index in [0.29, 0.717) is 0 Å². The number of aryl methyl sites for hydroxylation is 1. The van der Waals surface area contributed by atoms with E-state index in [1.54, 1.807) is 7.11 Å². The van der Waals surface area contributed by atoms with Gasteiger partial charge in [0.2, 0.25) is 0 Å². The molecule has 0 bridgehead atoms. The molecule has 1 unspecified atom stereocenters. The molecular formula is C14H24N2O. The van der Waals surface area contributed by atoms with E-state index in [-0.39, 0.29) is 6.04 Å². The van der Waals surface area contributed by atoms with Crippen LogP contribution < -0.4 is 15.4 Å². The lowest BCUT2D eigenvalue weighted by molar-refractivity contribution is 0.414. The SMILES string of the molecule is COc1ccc(C)cc1N(C)CCCC(C)N. The van der Waals surface area contributed by atoms with Crippen LogP contribution in [0, 0.1) is 6.92 Å².